The summed E-state index contributed by atoms with van der Waals surface area (Å²) < 4.78 is 28.1. The Morgan fingerprint density at radius 2 is 1.65 bits per heavy atom. The van der Waals surface area contributed by atoms with Crippen molar-refractivity contribution in [1.29, 1.82) is 0 Å². The average Bonchev–Trinajstić information content (AvgIpc) is 2.84. The molecule has 6 nitrogen and oxygen atoms in total. The van der Waals surface area contributed by atoms with Crippen molar-refractivity contribution in [3.05, 3.63) is 83.4 Å². The number of hydrogen-bond acceptors (Lipinski definition) is 4. The minimum atomic E-state index is -3.98. The fraction of sp³-hybridized carbons (Fsp3) is 0.269. The summed E-state index contributed by atoms with van der Waals surface area (Å²) in [6.07, 6.45) is 3.64. The van der Waals surface area contributed by atoms with E-state index in [1.165, 1.54) is 31.4 Å². The largest absolute Gasteiger partial charge is 0.372 e. The summed E-state index contributed by atoms with van der Waals surface area (Å²) in [6.45, 7) is 3.48. The van der Waals surface area contributed by atoms with E-state index in [2.05, 4.69) is 10.2 Å². The highest BCUT2D eigenvalue weighted by Crippen LogP contribution is 2.29. The molecule has 1 amide bonds. The molecule has 1 N–H and O–H groups in total. The standard InChI is InChI=1S/C26H28ClN3O3S/c1-20-18-21(27)10-15-25(20)30(34(32,33)24-8-4-2-5-9-24)19-26(31)28-22-11-13-23(14-12-22)29-16-6-3-7-17-29/h2,4-5,8-15,18H,3,6-7,16-17,19H2,1H3,(H,28,31). The normalized spacial score (nSPS) is 14.0. The number of benzene rings is 3. The summed E-state index contributed by atoms with van der Waals surface area (Å²) in [7, 11) is -3.98. The summed E-state index contributed by atoms with van der Waals surface area (Å²) >= 11 is 6.08. The molecule has 0 aromatic heterocycles. The first-order valence-corrected chi connectivity index (χ1v) is 13.2. The molecule has 0 unspecified atom stereocenters. The zero-order valence-electron chi connectivity index (χ0n) is 19.1. The van der Waals surface area contributed by atoms with Crippen LogP contribution in [-0.4, -0.2) is 34.0 Å². The maximum absolute atomic E-state index is 13.5. The lowest BCUT2D eigenvalue weighted by molar-refractivity contribution is -0.114. The van der Waals surface area contributed by atoms with Gasteiger partial charge in [0, 0.05) is 29.5 Å². The van der Waals surface area contributed by atoms with Gasteiger partial charge in [0.25, 0.3) is 10.0 Å². The van der Waals surface area contributed by atoms with Crippen LogP contribution in [0.1, 0.15) is 24.8 Å². The van der Waals surface area contributed by atoms with Gasteiger partial charge in [0.1, 0.15) is 6.54 Å². The molecule has 1 saturated heterocycles. The number of halogens is 1. The number of rotatable bonds is 7. The first-order valence-electron chi connectivity index (χ1n) is 11.3. The van der Waals surface area contributed by atoms with Crippen LogP contribution in [0.15, 0.2) is 77.7 Å². The number of sulfonamides is 1. The lowest BCUT2D eigenvalue weighted by Crippen LogP contribution is -2.38. The highest BCUT2D eigenvalue weighted by atomic mass is 35.5. The van der Waals surface area contributed by atoms with E-state index in [1.807, 2.05) is 24.3 Å². The molecular formula is C26H28ClN3O3S. The van der Waals surface area contributed by atoms with Crippen LogP contribution in [0.3, 0.4) is 0 Å². The number of anilines is 3. The van der Waals surface area contributed by atoms with Crippen LogP contribution in [0.25, 0.3) is 0 Å². The molecule has 178 valence electrons. The van der Waals surface area contributed by atoms with Gasteiger partial charge in [-0.1, -0.05) is 29.8 Å². The van der Waals surface area contributed by atoms with E-state index in [0.29, 0.717) is 22.0 Å². The van der Waals surface area contributed by atoms with Crippen molar-refractivity contribution in [2.75, 3.05) is 34.2 Å². The average molecular weight is 498 g/mol. The molecular weight excluding hydrogens is 470 g/mol. The lowest BCUT2D eigenvalue weighted by atomic mass is 10.1. The number of hydrogen-bond donors (Lipinski definition) is 1. The van der Waals surface area contributed by atoms with Gasteiger partial charge in [-0.05, 0) is 86.3 Å². The molecule has 4 rings (SSSR count). The Kier molecular flexibility index (Phi) is 7.44. The summed E-state index contributed by atoms with van der Waals surface area (Å²) in [5.41, 5.74) is 2.81. The van der Waals surface area contributed by atoms with Gasteiger partial charge in [0.05, 0.1) is 10.6 Å². The van der Waals surface area contributed by atoms with Crippen LogP contribution in [0.2, 0.25) is 5.02 Å². The molecule has 34 heavy (non-hydrogen) atoms. The predicted octanol–water partition coefficient (Wildman–Crippen LogP) is 5.47. The Labute approximate surface area is 206 Å². The third-order valence-electron chi connectivity index (χ3n) is 5.92. The number of carbonyl (C=O) groups is 1. The lowest BCUT2D eigenvalue weighted by Gasteiger charge is -2.29. The van der Waals surface area contributed by atoms with Crippen molar-refractivity contribution in [3.63, 3.8) is 0 Å². The van der Waals surface area contributed by atoms with Crippen molar-refractivity contribution >= 4 is 44.6 Å². The van der Waals surface area contributed by atoms with Gasteiger partial charge in [-0.25, -0.2) is 8.42 Å². The highest BCUT2D eigenvalue weighted by Gasteiger charge is 2.28. The number of carbonyl (C=O) groups excluding carboxylic acids is 1. The van der Waals surface area contributed by atoms with Crippen LogP contribution in [0, 0.1) is 6.92 Å². The smallest absolute Gasteiger partial charge is 0.264 e. The zero-order chi connectivity index (χ0) is 24.1. The quantitative estimate of drug-likeness (QED) is 0.469. The predicted molar refractivity (Wildman–Crippen MR) is 138 cm³/mol. The van der Waals surface area contributed by atoms with Gasteiger partial charge in [0.2, 0.25) is 5.91 Å². The number of aryl methyl sites for hydroxylation is 1. The second kappa shape index (κ2) is 10.5. The molecule has 3 aromatic rings. The molecule has 0 atom stereocenters. The summed E-state index contributed by atoms with van der Waals surface area (Å²) in [4.78, 5) is 15.4. The fourth-order valence-electron chi connectivity index (χ4n) is 4.16. The third kappa shape index (κ3) is 5.54. The van der Waals surface area contributed by atoms with Crippen LogP contribution in [0.4, 0.5) is 17.1 Å². The first kappa shape index (κ1) is 24.1. The van der Waals surface area contributed by atoms with Gasteiger partial charge in [0.15, 0.2) is 0 Å². The molecule has 1 fully saturated rings. The van der Waals surface area contributed by atoms with Crippen LogP contribution >= 0.6 is 11.6 Å². The van der Waals surface area contributed by atoms with Crippen LogP contribution in [0.5, 0.6) is 0 Å². The molecule has 8 heteroatoms. The van der Waals surface area contributed by atoms with E-state index in [0.717, 1.165) is 23.1 Å². The van der Waals surface area contributed by atoms with Crippen molar-refractivity contribution < 1.29 is 13.2 Å². The monoisotopic (exact) mass is 497 g/mol. The number of amides is 1. The molecule has 0 bridgehead atoms. The van der Waals surface area contributed by atoms with Gasteiger partial charge < -0.3 is 10.2 Å². The van der Waals surface area contributed by atoms with Gasteiger partial charge >= 0.3 is 0 Å². The zero-order valence-corrected chi connectivity index (χ0v) is 20.6. The van der Waals surface area contributed by atoms with E-state index in [1.54, 1.807) is 43.3 Å². The molecule has 1 aliphatic heterocycles. The molecule has 0 radical (unpaired) electrons. The number of piperidine rings is 1. The first-order chi connectivity index (χ1) is 16.3. The SMILES string of the molecule is Cc1cc(Cl)ccc1N(CC(=O)Nc1ccc(N2CCCCC2)cc1)S(=O)(=O)c1ccccc1. The van der Waals surface area contributed by atoms with Gasteiger partial charge in [-0.2, -0.15) is 0 Å². The third-order valence-corrected chi connectivity index (χ3v) is 7.93. The van der Waals surface area contributed by atoms with E-state index in [4.69, 9.17) is 11.6 Å². The minimum absolute atomic E-state index is 0.114. The molecule has 1 heterocycles. The summed E-state index contributed by atoms with van der Waals surface area (Å²) in [6, 6.07) is 20.7. The van der Waals surface area contributed by atoms with E-state index in [-0.39, 0.29) is 11.4 Å². The Hall–Kier alpha value is -3.03. The Morgan fingerprint density at radius 1 is 0.971 bits per heavy atom. The molecule has 1 aliphatic rings. The van der Waals surface area contributed by atoms with E-state index >= 15 is 0 Å². The Morgan fingerprint density at radius 3 is 2.29 bits per heavy atom. The van der Waals surface area contributed by atoms with Gasteiger partial charge in [-0.3, -0.25) is 9.10 Å². The van der Waals surface area contributed by atoms with Crippen LogP contribution in [-0.2, 0) is 14.8 Å². The minimum Gasteiger partial charge on any atom is -0.372 e. The second-order valence-corrected chi connectivity index (χ2v) is 10.7. The van der Waals surface area contributed by atoms with Gasteiger partial charge in [-0.15, -0.1) is 0 Å². The number of nitrogens with one attached hydrogen (secondary N) is 1. The molecule has 0 saturated carbocycles. The second-order valence-electron chi connectivity index (χ2n) is 8.40. The van der Waals surface area contributed by atoms with E-state index in [9.17, 15) is 13.2 Å². The highest BCUT2D eigenvalue weighted by molar-refractivity contribution is 7.92. The molecule has 0 spiro atoms. The fourth-order valence-corrected chi connectivity index (χ4v) is 5.89. The van der Waals surface area contributed by atoms with Crippen molar-refractivity contribution in [1.82, 2.24) is 0 Å². The van der Waals surface area contributed by atoms with Crippen molar-refractivity contribution in [2.45, 2.75) is 31.1 Å². The van der Waals surface area contributed by atoms with E-state index < -0.39 is 15.9 Å². The topological polar surface area (TPSA) is 69.7 Å². The molecule has 3 aromatic carbocycles. The maximum Gasteiger partial charge on any atom is 0.264 e. The number of nitrogens with zero attached hydrogens (tertiary/aromatic N) is 2. The Bertz CT molecular complexity index is 1240. The maximum atomic E-state index is 13.5. The summed E-state index contributed by atoms with van der Waals surface area (Å²) in [5, 5.41) is 3.33. The summed E-state index contributed by atoms with van der Waals surface area (Å²) in [5.74, 6) is -0.431. The van der Waals surface area contributed by atoms with Crippen molar-refractivity contribution in [2.24, 2.45) is 0 Å². The molecule has 0 aliphatic carbocycles. The Balaban J connectivity index is 1.56. The van der Waals surface area contributed by atoms with Crippen LogP contribution < -0.4 is 14.5 Å². The van der Waals surface area contributed by atoms with Crippen molar-refractivity contribution in [3.8, 4) is 0 Å².